The van der Waals surface area contributed by atoms with E-state index in [2.05, 4.69) is 10.1 Å². The van der Waals surface area contributed by atoms with Crippen molar-refractivity contribution in [2.45, 2.75) is 18.9 Å². The van der Waals surface area contributed by atoms with Gasteiger partial charge in [-0.15, -0.1) is 12.4 Å². The molecule has 2 atom stereocenters. The van der Waals surface area contributed by atoms with E-state index in [-0.39, 0.29) is 24.5 Å². The van der Waals surface area contributed by atoms with Crippen LogP contribution in [-0.2, 0) is 14.3 Å². The molecule has 0 bridgehead atoms. The molecule has 0 aliphatic carbocycles. The predicted molar refractivity (Wildman–Crippen MR) is 55.7 cm³/mol. The second kappa shape index (κ2) is 7.04. The van der Waals surface area contributed by atoms with Crippen LogP contribution in [0.1, 0.15) is 12.8 Å². The maximum atomic E-state index is 11.0. The average Bonchev–Trinajstić information content (AvgIpc) is 2.18. The monoisotopic (exact) mass is 223 g/mol. The first-order valence-electron chi connectivity index (χ1n) is 4.58. The number of rotatable bonds is 3. The van der Waals surface area contributed by atoms with Crippen LogP contribution >= 0.6 is 12.4 Å². The molecule has 0 aromatic rings. The number of hydrogen-bond acceptors (Lipinski definition) is 4. The molecule has 1 rings (SSSR count). The fourth-order valence-electron chi connectivity index (χ4n) is 1.69. The van der Waals surface area contributed by atoms with Gasteiger partial charge >= 0.3 is 5.97 Å². The Morgan fingerprint density at radius 2 is 2.21 bits per heavy atom. The van der Waals surface area contributed by atoms with Crippen molar-refractivity contribution < 1.29 is 14.3 Å². The van der Waals surface area contributed by atoms with Crippen LogP contribution in [0.5, 0.6) is 0 Å². The van der Waals surface area contributed by atoms with E-state index in [0.29, 0.717) is 12.3 Å². The van der Waals surface area contributed by atoms with Crippen molar-refractivity contribution in [2.24, 2.45) is 5.92 Å². The summed E-state index contributed by atoms with van der Waals surface area (Å²) in [6, 6.07) is 0. The van der Waals surface area contributed by atoms with Crippen LogP contribution in [0.2, 0.25) is 0 Å². The molecule has 0 spiro atoms. The van der Waals surface area contributed by atoms with Crippen molar-refractivity contribution in [3.05, 3.63) is 0 Å². The second-order valence-corrected chi connectivity index (χ2v) is 3.31. The number of nitrogens with one attached hydrogen (secondary N) is 1. The van der Waals surface area contributed by atoms with Crippen molar-refractivity contribution in [1.82, 2.24) is 5.32 Å². The van der Waals surface area contributed by atoms with Crippen molar-refractivity contribution in [3.8, 4) is 0 Å². The summed E-state index contributed by atoms with van der Waals surface area (Å²) in [7, 11) is 3.10. The molecule has 0 radical (unpaired) electrons. The minimum absolute atomic E-state index is 0. The van der Waals surface area contributed by atoms with Crippen molar-refractivity contribution >= 4 is 18.4 Å². The smallest absolute Gasteiger partial charge is 0.305 e. The molecule has 0 amide bonds. The van der Waals surface area contributed by atoms with E-state index in [4.69, 9.17) is 4.74 Å². The number of halogens is 1. The molecule has 1 aliphatic heterocycles. The van der Waals surface area contributed by atoms with E-state index in [9.17, 15) is 4.79 Å². The van der Waals surface area contributed by atoms with Crippen molar-refractivity contribution in [1.29, 1.82) is 0 Å². The van der Waals surface area contributed by atoms with Crippen LogP contribution in [0.3, 0.4) is 0 Å². The Bertz CT molecular complexity index is 177. The average molecular weight is 224 g/mol. The molecule has 1 aliphatic rings. The molecule has 14 heavy (non-hydrogen) atoms. The minimum atomic E-state index is -0.144. The summed E-state index contributed by atoms with van der Waals surface area (Å²) in [5.74, 6) is 0.160. The summed E-state index contributed by atoms with van der Waals surface area (Å²) in [5, 5.41) is 3.23. The van der Waals surface area contributed by atoms with Gasteiger partial charge in [-0.05, 0) is 18.9 Å². The van der Waals surface area contributed by atoms with Crippen molar-refractivity contribution in [3.63, 3.8) is 0 Å². The van der Waals surface area contributed by atoms with Crippen LogP contribution in [0, 0.1) is 5.92 Å². The fourth-order valence-corrected chi connectivity index (χ4v) is 1.69. The van der Waals surface area contributed by atoms with Gasteiger partial charge in [0, 0.05) is 13.7 Å². The largest absolute Gasteiger partial charge is 0.469 e. The molecule has 84 valence electrons. The highest BCUT2D eigenvalue weighted by Gasteiger charge is 2.26. The Labute approximate surface area is 90.7 Å². The maximum absolute atomic E-state index is 11.0. The molecule has 0 aromatic carbocycles. The van der Waals surface area contributed by atoms with Gasteiger partial charge < -0.3 is 14.8 Å². The number of piperidine rings is 1. The molecule has 1 N–H and O–H groups in total. The van der Waals surface area contributed by atoms with Crippen LogP contribution in [0.15, 0.2) is 0 Å². The molecule has 1 saturated heterocycles. The lowest BCUT2D eigenvalue weighted by Crippen LogP contribution is -2.42. The van der Waals surface area contributed by atoms with Gasteiger partial charge in [0.1, 0.15) is 0 Å². The van der Waals surface area contributed by atoms with Gasteiger partial charge in [-0.3, -0.25) is 4.79 Å². The van der Waals surface area contributed by atoms with Crippen molar-refractivity contribution in [2.75, 3.05) is 27.3 Å². The van der Waals surface area contributed by atoms with E-state index in [1.54, 1.807) is 7.11 Å². The Kier molecular flexibility index (Phi) is 6.87. The van der Waals surface area contributed by atoms with E-state index < -0.39 is 0 Å². The van der Waals surface area contributed by atoms with Gasteiger partial charge in [-0.2, -0.15) is 0 Å². The number of carbonyl (C=O) groups is 1. The summed E-state index contributed by atoms with van der Waals surface area (Å²) in [4.78, 5) is 11.0. The second-order valence-electron chi connectivity index (χ2n) is 3.31. The molecule has 1 fully saturated rings. The summed E-state index contributed by atoms with van der Waals surface area (Å²) in [6.45, 7) is 1.79. The molecule has 5 heteroatoms. The van der Waals surface area contributed by atoms with Gasteiger partial charge in [-0.25, -0.2) is 0 Å². The van der Waals surface area contributed by atoms with Crippen LogP contribution in [0.4, 0.5) is 0 Å². The highest BCUT2D eigenvalue weighted by atomic mass is 35.5. The topological polar surface area (TPSA) is 47.6 Å². The highest BCUT2D eigenvalue weighted by molar-refractivity contribution is 5.85. The summed E-state index contributed by atoms with van der Waals surface area (Å²) >= 11 is 0. The minimum Gasteiger partial charge on any atom is -0.469 e. The number of ether oxygens (including phenoxy) is 2. The fraction of sp³-hybridized carbons (Fsp3) is 0.889. The molecular formula is C9H18ClNO3. The van der Waals surface area contributed by atoms with Gasteiger partial charge in [-0.1, -0.05) is 0 Å². The standard InChI is InChI=1S/C9H17NO3.ClH/c1-12-8-6-10-4-3-7(8)5-9(11)13-2;/h7-8,10H,3-6H2,1-2H3;1H/t7-,8-;/m1./s1. The molecule has 0 unspecified atom stereocenters. The van der Waals surface area contributed by atoms with E-state index in [1.807, 2.05) is 0 Å². The third kappa shape index (κ3) is 3.82. The zero-order valence-corrected chi connectivity index (χ0v) is 9.43. The van der Waals surface area contributed by atoms with E-state index in [1.165, 1.54) is 7.11 Å². The molecular weight excluding hydrogens is 206 g/mol. The van der Waals surface area contributed by atoms with Crippen LogP contribution < -0.4 is 5.32 Å². The molecule has 1 heterocycles. The third-order valence-electron chi connectivity index (χ3n) is 2.52. The number of carbonyl (C=O) groups excluding carboxylic acids is 1. The number of methoxy groups -OCH3 is 2. The lowest BCUT2D eigenvalue weighted by Gasteiger charge is -2.30. The quantitative estimate of drug-likeness (QED) is 0.712. The van der Waals surface area contributed by atoms with E-state index in [0.717, 1.165) is 19.5 Å². The zero-order chi connectivity index (χ0) is 9.68. The summed E-state index contributed by atoms with van der Waals surface area (Å²) < 4.78 is 9.91. The Balaban J connectivity index is 0.00000169. The first-order valence-corrected chi connectivity index (χ1v) is 4.58. The van der Waals surface area contributed by atoms with Crippen LogP contribution in [0.25, 0.3) is 0 Å². The van der Waals surface area contributed by atoms with Gasteiger partial charge in [0.15, 0.2) is 0 Å². The van der Waals surface area contributed by atoms with Gasteiger partial charge in [0.25, 0.3) is 0 Å². The molecule has 0 saturated carbocycles. The SMILES string of the molecule is COC(=O)C[C@H]1CCNC[C@H]1OC.Cl. The zero-order valence-electron chi connectivity index (χ0n) is 8.62. The lowest BCUT2D eigenvalue weighted by molar-refractivity contribution is -0.143. The molecule has 4 nitrogen and oxygen atoms in total. The molecule has 0 aromatic heterocycles. The summed E-state index contributed by atoms with van der Waals surface area (Å²) in [5.41, 5.74) is 0. The maximum Gasteiger partial charge on any atom is 0.305 e. The number of esters is 1. The highest BCUT2D eigenvalue weighted by Crippen LogP contribution is 2.19. The van der Waals surface area contributed by atoms with Gasteiger partial charge in [0.2, 0.25) is 0 Å². The number of hydrogen-bond donors (Lipinski definition) is 1. The predicted octanol–water partition coefficient (Wildman–Crippen LogP) is 0.596. The normalized spacial score (nSPS) is 26.4. The summed E-state index contributed by atoms with van der Waals surface area (Å²) in [6.07, 6.45) is 1.59. The van der Waals surface area contributed by atoms with Crippen LogP contribution in [-0.4, -0.2) is 39.4 Å². The van der Waals surface area contributed by atoms with Gasteiger partial charge in [0.05, 0.1) is 19.6 Å². The Morgan fingerprint density at radius 3 is 2.79 bits per heavy atom. The Morgan fingerprint density at radius 1 is 1.50 bits per heavy atom. The lowest BCUT2D eigenvalue weighted by atomic mass is 9.92. The Hall–Kier alpha value is -0.320. The third-order valence-corrected chi connectivity index (χ3v) is 2.52. The van der Waals surface area contributed by atoms with E-state index >= 15 is 0 Å². The first-order chi connectivity index (χ1) is 6.27. The first kappa shape index (κ1) is 13.7.